The number of anilines is 1. The number of aliphatic hydroxyl groups is 1. The highest BCUT2D eigenvalue weighted by Crippen LogP contribution is 2.41. The van der Waals surface area contributed by atoms with Crippen LogP contribution in [0.5, 0.6) is 0 Å². The zero-order valence-electron chi connectivity index (χ0n) is 17.8. The van der Waals surface area contributed by atoms with Crippen molar-refractivity contribution in [3.05, 3.63) is 82.0 Å². The van der Waals surface area contributed by atoms with E-state index in [1.165, 1.54) is 0 Å². The molecule has 0 bridgehead atoms. The Morgan fingerprint density at radius 3 is 2.55 bits per heavy atom. The van der Waals surface area contributed by atoms with Gasteiger partial charge in [0.1, 0.15) is 4.60 Å². The number of fused-ring (bicyclic) bond motifs is 1. The first-order chi connectivity index (χ1) is 14.8. The standard InChI is InChI=1S/C25H26BrN3O2/c1-15-13-19(21(28-23(15)26)16-9-5-4-6-10-16)27-24(31)29-22-17-11-7-8-12-18(17)25(2,3)14-20(22)30/h4-13,20,22,30H,14H2,1-3H3,(H2,27,29,31)/t20-,22-/m1/s1. The van der Waals surface area contributed by atoms with Crippen LogP contribution in [-0.4, -0.2) is 22.2 Å². The highest BCUT2D eigenvalue weighted by molar-refractivity contribution is 9.10. The van der Waals surface area contributed by atoms with Crippen LogP contribution in [0, 0.1) is 6.92 Å². The predicted molar refractivity (Wildman–Crippen MR) is 127 cm³/mol. The number of pyridine rings is 1. The van der Waals surface area contributed by atoms with E-state index in [1.54, 1.807) is 0 Å². The Hall–Kier alpha value is -2.70. The average molecular weight is 480 g/mol. The quantitative estimate of drug-likeness (QED) is 0.420. The summed E-state index contributed by atoms with van der Waals surface area (Å²) in [5, 5.41) is 16.8. The predicted octanol–water partition coefficient (Wildman–Crippen LogP) is 5.72. The lowest BCUT2D eigenvalue weighted by atomic mass is 9.70. The summed E-state index contributed by atoms with van der Waals surface area (Å²) in [4.78, 5) is 17.6. The van der Waals surface area contributed by atoms with Crippen molar-refractivity contribution in [1.29, 1.82) is 0 Å². The maximum Gasteiger partial charge on any atom is 0.319 e. The third-order valence-corrected chi connectivity index (χ3v) is 6.67. The largest absolute Gasteiger partial charge is 0.391 e. The van der Waals surface area contributed by atoms with Gasteiger partial charge in [0.25, 0.3) is 0 Å². The van der Waals surface area contributed by atoms with Crippen LogP contribution < -0.4 is 10.6 Å². The van der Waals surface area contributed by atoms with Gasteiger partial charge in [-0.15, -0.1) is 0 Å². The first kappa shape index (κ1) is 21.5. The summed E-state index contributed by atoms with van der Waals surface area (Å²) in [7, 11) is 0. The van der Waals surface area contributed by atoms with E-state index in [4.69, 9.17) is 0 Å². The zero-order chi connectivity index (χ0) is 22.2. The molecular formula is C25H26BrN3O2. The van der Waals surface area contributed by atoms with Crippen molar-refractivity contribution in [2.75, 3.05) is 5.32 Å². The summed E-state index contributed by atoms with van der Waals surface area (Å²) in [6.07, 6.45) is -0.0996. The topological polar surface area (TPSA) is 74.2 Å². The lowest BCUT2D eigenvalue weighted by Gasteiger charge is -2.40. The minimum absolute atomic E-state index is 0.155. The van der Waals surface area contributed by atoms with E-state index in [0.717, 1.165) is 26.9 Å². The van der Waals surface area contributed by atoms with Crippen LogP contribution in [-0.2, 0) is 5.41 Å². The molecule has 5 nitrogen and oxygen atoms in total. The van der Waals surface area contributed by atoms with Gasteiger partial charge in [-0.3, -0.25) is 0 Å². The number of hydrogen-bond donors (Lipinski definition) is 3. The van der Waals surface area contributed by atoms with E-state index in [-0.39, 0.29) is 11.4 Å². The number of benzene rings is 2. The molecule has 0 saturated carbocycles. The Morgan fingerprint density at radius 2 is 1.81 bits per heavy atom. The Labute approximate surface area is 191 Å². The Morgan fingerprint density at radius 1 is 1.13 bits per heavy atom. The van der Waals surface area contributed by atoms with E-state index in [2.05, 4.69) is 51.5 Å². The molecule has 2 aromatic carbocycles. The first-order valence-electron chi connectivity index (χ1n) is 10.3. The normalized spacial score (nSPS) is 19.4. The highest BCUT2D eigenvalue weighted by atomic mass is 79.9. The van der Waals surface area contributed by atoms with Gasteiger partial charge in [0.2, 0.25) is 0 Å². The molecule has 3 N–H and O–H groups in total. The van der Waals surface area contributed by atoms with Gasteiger partial charge in [0.05, 0.1) is 23.5 Å². The number of halogens is 1. The summed E-state index contributed by atoms with van der Waals surface area (Å²) in [6.45, 7) is 6.17. The molecule has 2 atom stereocenters. The fourth-order valence-electron chi connectivity index (χ4n) is 4.32. The molecule has 0 spiro atoms. The molecule has 3 aromatic rings. The number of carbonyl (C=O) groups excluding carboxylic acids is 1. The zero-order valence-corrected chi connectivity index (χ0v) is 19.4. The molecular weight excluding hydrogens is 454 g/mol. The smallest absolute Gasteiger partial charge is 0.319 e. The molecule has 0 fully saturated rings. The van der Waals surface area contributed by atoms with Crippen LogP contribution >= 0.6 is 15.9 Å². The number of nitrogens with zero attached hydrogens (tertiary/aromatic N) is 1. The minimum Gasteiger partial charge on any atom is -0.391 e. The van der Waals surface area contributed by atoms with Crippen LogP contribution in [0.2, 0.25) is 0 Å². The second-order valence-corrected chi connectivity index (χ2v) is 9.43. The molecule has 4 rings (SSSR count). The SMILES string of the molecule is Cc1cc(NC(=O)N[C@@H]2c3ccccc3C(C)(C)C[C@H]2O)c(-c2ccccc2)nc1Br. The second-order valence-electron chi connectivity index (χ2n) is 8.68. The summed E-state index contributed by atoms with van der Waals surface area (Å²) < 4.78 is 0.733. The Bertz CT molecular complexity index is 1120. The van der Waals surface area contributed by atoms with Crippen molar-refractivity contribution < 1.29 is 9.90 Å². The van der Waals surface area contributed by atoms with Crippen LogP contribution in [0.4, 0.5) is 10.5 Å². The molecule has 6 heteroatoms. The molecule has 2 amide bonds. The van der Waals surface area contributed by atoms with Crippen LogP contribution in [0.3, 0.4) is 0 Å². The Kier molecular flexibility index (Phi) is 5.86. The minimum atomic E-state index is -0.672. The third kappa shape index (κ3) is 4.36. The van der Waals surface area contributed by atoms with Crippen molar-refractivity contribution in [2.24, 2.45) is 0 Å². The van der Waals surface area contributed by atoms with Crippen molar-refractivity contribution >= 4 is 27.6 Å². The number of aromatic nitrogens is 1. The summed E-state index contributed by atoms with van der Waals surface area (Å²) in [5.74, 6) is 0. The van der Waals surface area contributed by atoms with Gasteiger partial charge in [-0.2, -0.15) is 0 Å². The van der Waals surface area contributed by atoms with Crippen LogP contribution in [0.1, 0.15) is 43.0 Å². The fourth-order valence-corrected chi connectivity index (χ4v) is 4.61. The number of amides is 2. The number of aliphatic hydroxyl groups excluding tert-OH is 1. The molecule has 0 radical (unpaired) electrons. The van der Waals surface area contributed by atoms with Gasteiger partial charge >= 0.3 is 6.03 Å². The van der Waals surface area contributed by atoms with Crippen molar-refractivity contribution in [2.45, 2.75) is 44.8 Å². The summed E-state index contributed by atoms with van der Waals surface area (Å²) in [6, 6.07) is 18.8. The number of hydrogen-bond acceptors (Lipinski definition) is 3. The molecule has 160 valence electrons. The highest BCUT2D eigenvalue weighted by Gasteiger charge is 2.39. The molecule has 0 unspecified atom stereocenters. The lowest BCUT2D eigenvalue weighted by molar-refractivity contribution is 0.0883. The summed E-state index contributed by atoms with van der Waals surface area (Å²) >= 11 is 3.49. The summed E-state index contributed by atoms with van der Waals surface area (Å²) in [5.41, 5.74) is 5.06. The van der Waals surface area contributed by atoms with Crippen LogP contribution in [0.25, 0.3) is 11.3 Å². The average Bonchev–Trinajstić information content (AvgIpc) is 2.74. The van der Waals surface area contributed by atoms with Gasteiger partial charge in [-0.05, 0) is 57.4 Å². The van der Waals surface area contributed by atoms with Crippen LogP contribution in [0.15, 0.2) is 65.3 Å². The van der Waals surface area contributed by atoms with Crippen molar-refractivity contribution in [3.8, 4) is 11.3 Å². The molecule has 1 heterocycles. The van der Waals surface area contributed by atoms with E-state index in [0.29, 0.717) is 17.8 Å². The Balaban J connectivity index is 1.62. The second kappa shape index (κ2) is 8.44. The lowest BCUT2D eigenvalue weighted by Crippen LogP contribution is -2.45. The molecule has 1 aliphatic carbocycles. The van der Waals surface area contributed by atoms with E-state index in [9.17, 15) is 9.90 Å². The molecule has 1 aromatic heterocycles. The number of carbonyl (C=O) groups is 1. The first-order valence-corrected chi connectivity index (χ1v) is 11.1. The molecule has 0 aliphatic heterocycles. The van der Waals surface area contributed by atoms with Crippen molar-refractivity contribution in [1.82, 2.24) is 10.3 Å². The number of nitrogens with one attached hydrogen (secondary N) is 2. The van der Waals surface area contributed by atoms with E-state index in [1.807, 2.05) is 61.5 Å². The number of aryl methyl sites for hydroxylation is 1. The maximum atomic E-state index is 13.0. The number of urea groups is 1. The number of rotatable bonds is 3. The maximum absolute atomic E-state index is 13.0. The van der Waals surface area contributed by atoms with Gasteiger partial charge < -0.3 is 15.7 Å². The molecule has 31 heavy (non-hydrogen) atoms. The fraction of sp³-hybridized carbons (Fsp3) is 0.280. The third-order valence-electron chi connectivity index (χ3n) is 5.86. The van der Waals surface area contributed by atoms with Gasteiger partial charge in [-0.25, -0.2) is 9.78 Å². The van der Waals surface area contributed by atoms with E-state index >= 15 is 0 Å². The van der Waals surface area contributed by atoms with Gasteiger partial charge in [-0.1, -0.05) is 68.4 Å². The monoisotopic (exact) mass is 479 g/mol. The van der Waals surface area contributed by atoms with Crippen molar-refractivity contribution in [3.63, 3.8) is 0 Å². The van der Waals surface area contributed by atoms with Gasteiger partial charge in [0, 0.05) is 5.56 Å². The van der Waals surface area contributed by atoms with E-state index < -0.39 is 12.1 Å². The molecule has 1 aliphatic rings. The van der Waals surface area contributed by atoms with Gasteiger partial charge in [0.15, 0.2) is 0 Å². The molecule has 0 saturated heterocycles.